The molecular formula is C26H35FN6O4. The van der Waals surface area contributed by atoms with E-state index in [1.807, 2.05) is 19.9 Å². The van der Waals surface area contributed by atoms with Gasteiger partial charge in [-0.25, -0.2) is 9.18 Å². The summed E-state index contributed by atoms with van der Waals surface area (Å²) in [6.07, 6.45) is 3.04. The molecule has 3 unspecified atom stereocenters. The van der Waals surface area contributed by atoms with Crippen molar-refractivity contribution >= 4 is 17.0 Å². The third-order valence-corrected chi connectivity index (χ3v) is 8.10. The molecule has 2 aliphatic heterocycles. The number of hydrogen-bond donors (Lipinski definition) is 1. The zero-order valence-electron chi connectivity index (χ0n) is 21.9. The van der Waals surface area contributed by atoms with Crippen molar-refractivity contribution in [3.8, 4) is 5.95 Å². The number of carboxylic acid groups (broad SMARTS) is 1. The van der Waals surface area contributed by atoms with E-state index in [-0.39, 0.29) is 29.8 Å². The van der Waals surface area contributed by atoms with Crippen LogP contribution in [0.15, 0.2) is 22.7 Å². The van der Waals surface area contributed by atoms with E-state index in [2.05, 4.69) is 22.1 Å². The van der Waals surface area contributed by atoms with Gasteiger partial charge in [0, 0.05) is 25.1 Å². The van der Waals surface area contributed by atoms with Gasteiger partial charge in [0.25, 0.3) is 5.95 Å². The van der Waals surface area contributed by atoms with Gasteiger partial charge in [-0.2, -0.15) is 14.8 Å². The van der Waals surface area contributed by atoms with E-state index >= 15 is 0 Å². The second-order valence-electron chi connectivity index (χ2n) is 10.4. The molecule has 2 fully saturated rings. The number of fused-ring (bicyclic) bond motifs is 1. The molecule has 0 spiro atoms. The lowest BCUT2D eigenvalue weighted by atomic mass is 9.80. The maximum Gasteiger partial charge on any atom is 0.407 e. The quantitative estimate of drug-likeness (QED) is 0.511. The van der Waals surface area contributed by atoms with Crippen molar-refractivity contribution in [3.63, 3.8) is 0 Å². The molecule has 0 radical (unpaired) electrons. The standard InChI is InChI=1S/C26H35FN6O4/c1-5-26(12-6-7-13-32(26)19-11-14-31(25(34)35)15-20(19)36-4)23-28-24(30-37-23)33-22-17(9-8-10-18(22)27)21(29-33)16(2)3/h8-10,16,19-20H,5-7,11-15H2,1-4H3,(H,34,35). The number of methoxy groups -OCH3 is 1. The first kappa shape index (κ1) is 25.6. The minimum absolute atomic E-state index is 0.00622. The number of aromatic nitrogens is 4. The SMILES string of the molecule is CCC1(c2nc(-n3nc(C(C)C)c4cccc(F)c43)no2)CCCCN1C1CCN(C(=O)O)CC1OC. The number of benzene rings is 1. The molecule has 0 aliphatic carbocycles. The fourth-order valence-corrected chi connectivity index (χ4v) is 6.18. The summed E-state index contributed by atoms with van der Waals surface area (Å²) in [5.41, 5.74) is 0.585. The highest BCUT2D eigenvalue weighted by molar-refractivity contribution is 5.84. The molecule has 2 aliphatic rings. The zero-order chi connectivity index (χ0) is 26.3. The normalized spacial score (nSPS) is 25.3. The summed E-state index contributed by atoms with van der Waals surface area (Å²) in [7, 11) is 1.63. The molecule has 200 valence electrons. The van der Waals surface area contributed by atoms with Gasteiger partial charge in [0.15, 0.2) is 0 Å². The number of hydrogen-bond acceptors (Lipinski definition) is 7. The summed E-state index contributed by atoms with van der Waals surface area (Å²) in [4.78, 5) is 20.2. The van der Waals surface area contributed by atoms with Gasteiger partial charge in [-0.3, -0.25) is 4.90 Å². The lowest BCUT2D eigenvalue weighted by molar-refractivity contribution is -0.0974. The fraction of sp³-hybridized carbons (Fsp3) is 0.615. The van der Waals surface area contributed by atoms with E-state index in [4.69, 9.17) is 14.2 Å². The van der Waals surface area contributed by atoms with E-state index in [0.717, 1.165) is 43.3 Å². The molecule has 2 saturated heterocycles. The third-order valence-electron chi connectivity index (χ3n) is 8.10. The molecular weight excluding hydrogens is 479 g/mol. The predicted octanol–water partition coefficient (Wildman–Crippen LogP) is 4.53. The van der Waals surface area contributed by atoms with Gasteiger partial charge < -0.3 is 19.3 Å². The van der Waals surface area contributed by atoms with Crippen molar-refractivity contribution in [1.29, 1.82) is 0 Å². The minimum Gasteiger partial charge on any atom is -0.465 e. The Bertz CT molecular complexity index is 1280. The molecule has 11 heteroatoms. The Morgan fingerprint density at radius 3 is 2.84 bits per heavy atom. The van der Waals surface area contributed by atoms with Crippen molar-refractivity contribution in [2.24, 2.45) is 0 Å². The molecule has 0 bridgehead atoms. The lowest BCUT2D eigenvalue weighted by Crippen LogP contribution is -2.62. The second-order valence-corrected chi connectivity index (χ2v) is 10.4. The van der Waals surface area contributed by atoms with Crippen molar-refractivity contribution < 1.29 is 23.6 Å². The molecule has 5 rings (SSSR count). The minimum atomic E-state index is -0.929. The summed E-state index contributed by atoms with van der Waals surface area (Å²) in [5.74, 6) is 0.391. The van der Waals surface area contributed by atoms with Gasteiger partial charge in [-0.05, 0) is 55.8 Å². The van der Waals surface area contributed by atoms with Crippen molar-refractivity contribution in [2.75, 3.05) is 26.7 Å². The van der Waals surface area contributed by atoms with Crippen LogP contribution in [0.1, 0.15) is 70.4 Å². The van der Waals surface area contributed by atoms with Crippen LogP contribution in [0.2, 0.25) is 0 Å². The highest BCUT2D eigenvalue weighted by Crippen LogP contribution is 2.43. The van der Waals surface area contributed by atoms with E-state index in [0.29, 0.717) is 30.9 Å². The lowest BCUT2D eigenvalue weighted by Gasteiger charge is -2.52. The summed E-state index contributed by atoms with van der Waals surface area (Å²) in [6.45, 7) is 7.73. The molecule has 10 nitrogen and oxygen atoms in total. The van der Waals surface area contributed by atoms with Crippen LogP contribution in [0.25, 0.3) is 16.9 Å². The van der Waals surface area contributed by atoms with Gasteiger partial charge in [-0.1, -0.05) is 32.9 Å². The number of piperidine rings is 2. The molecule has 1 amide bonds. The largest absolute Gasteiger partial charge is 0.465 e. The van der Waals surface area contributed by atoms with Crippen LogP contribution in [0.3, 0.4) is 0 Å². The molecule has 37 heavy (non-hydrogen) atoms. The van der Waals surface area contributed by atoms with E-state index in [9.17, 15) is 14.3 Å². The fourth-order valence-electron chi connectivity index (χ4n) is 6.18. The number of halogens is 1. The second kappa shape index (κ2) is 10.0. The van der Waals surface area contributed by atoms with E-state index in [1.54, 1.807) is 13.2 Å². The number of amides is 1. The Labute approximate surface area is 215 Å². The number of carbonyl (C=O) groups is 1. The first-order chi connectivity index (χ1) is 17.8. The van der Waals surface area contributed by atoms with Crippen LogP contribution in [0.4, 0.5) is 9.18 Å². The predicted molar refractivity (Wildman–Crippen MR) is 134 cm³/mol. The number of likely N-dealkylation sites (tertiary alicyclic amines) is 2. The van der Waals surface area contributed by atoms with Gasteiger partial charge in [-0.15, -0.1) is 0 Å². The molecule has 1 N–H and O–H groups in total. The average molecular weight is 515 g/mol. The van der Waals surface area contributed by atoms with Crippen molar-refractivity contribution in [1.82, 2.24) is 29.7 Å². The first-order valence-electron chi connectivity index (χ1n) is 13.1. The molecule has 3 aromatic rings. The van der Waals surface area contributed by atoms with Crippen LogP contribution in [0, 0.1) is 5.82 Å². The van der Waals surface area contributed by atoms with Crippen LogP contribution >= 0.6 is 0 Å². The van der Waals surface area contributed by atoms with E-state index < -0.39 is 11.6 Å². The summed E-state index contributed by atoms with van der Waals surface area (Å²) < 4.78 is 28.2. The molecule has 3 atom stereocenters. The summed E-state index contributed by atoms with van der Waals surface area (Å²) >= 11 is 0. The number of ether oxygens (including phenoxy) is 1. The van der Waals surface area contributed by atoms with Gasteiger partial charge in [0.05, 0.1) is 18.3 Å². The molecule has 4 heterocycles. The molecule has 0 saturated carbocycles. The van der Waals surface area contributed by atoms with Gasteiger partial charge in [0.1, 0.15) is 16.9 Å². The number of nitrogens with zero attached hydrogens (tertiary/aromatic N) is 6. The Morgan fingerprint density at radius 2 is 2.14 bits per heavy atom. The highest BCUT2D eigenvalue weighted by Gasteiger charge is 2.49. The first-order valence-corrected chi connectivity index (χ1v) is 13.1. The Hall–Kier alpha value is -3.05. The van der Waals surface area contributed by atoms with E-state index in [1.165, 1.54) is 15.6 Å². The van der Waals surface area contributed by atoms with Crippen molar-refractivity contribution in [2.45, 2.75) is 76.5 Å². The van der Waals surface area contributed by atoms with Crippen LogP contribution in [-0.4, -0.2) is 79.8 Å². The van der Waals surface area contributed by atoms with Gasteiger partial charge >= 0.3 is 6.09 Å². The number of para-hydroxylation sites is 1. The monoisotopic (exact) mass is 514 g/mol. The Balaban J connectivity index is 1.54. The topological polar surface area (TPSA) is 110 Å². The number of rotatable bonds is 6. The highest BCUT2D eigenvalue weighted by atomic mass is 19.1. The summed E-state index contributed by atoms with van der Waals surface area (Å²) in [5, 5.41) is 19.2. The Kier molecular flexibility index (Phi) is 6.93. The summed E-state index contributed by atoms with van der Waals surface area (Å²) in [6, 6.07) is 4.97. The molecule has 2 aromatic heterocycles. The maximum absolute atomic E-state index is 15.0. The smallest absolute Gasteiger partial charge is 0.407 e. The Morgan fingerprint density at radius 1 is 1.32 bits per heavy atom. The average Bonchev–Trinajstić information content (AvgIpc) is 3.54. The van der Waals surface area contributed by atoms with Gasteiger partial charge in [0.2, 0.25) is 5.89 Å². The van der Waals surface area contributed by atoms with Crippen LogP contribution < -0.4 is 0 Å². The van der Waals surface area contributed by atoms with Crippen LogP contribution in [0.5, 0.6) is 0 Å². The third kappa shape index (κ3) is 4.27. The zero-order valence-corrected chi connectivity index (χ0v) is 21.9. The van der Waals surface area contributed by atoms with Crippen LogP contribution in [-0.2, 0) is 10.3 Å². The van der Waals surface area contributed by atoms with Crippen molar-refractivity contribution in [3.05, 3.63) is 35.6 Å². The maximum atomic E-state index is 15.0. The molecule has 1 aromatic carbocycles.